The van der Waals surface area contributed by atoms with Crippen LogP contribution in [0, 0.1) is 22.7 Å². The van der Waals surface area contributed by atoms with E-state index in [1.807, 2.05) is 0 Å². The van der Waals surface area contributed by atoms with Crippen LogP contribution >= 0.6 is 0 Å². The molecule has 2 fully saturated rings. The first kappa shape index (κ1) is 23.8. The van der Waals surface area contributed by atoms with E-state index in [2.05, 4.69) is 22.8 Å². The summed E-state index contributed by atoms with van der Waals surface area (Å²) in [7, 11) is 0. The van der Waals surface area contributed by atoms with Crippen molar-refractivity contribution >= 4 is 12.1 Å². The Morgan fingerprint density at radius 1 is 0.667 bits per heavy atom. The van der Waals surface area contributed by atoms with E-state index in [1.54, 1.807) is 9.80 Å². The largest absolute Gasteiger partial charge is 0.335 e. The van der Waals surface area contributed by atoms with E-state index < -0.39 is 0 Å². The topological polar surface area (TPSA) is 112 Å². The molecule has 0 aliphatic heterocycles. The molecule has 8 nitrogen and oxygen atoms in total. The molecular formula is C22H36N6O2. The summed E-state index contributed by atoms with van der Waals surface area (Å²) in [6.07, 6.45) is 11.5. The standard InChI is InChI=1S/C22H36N6O2/c23-13-7-15-27(21(29)25-19-9-3-1-4-10-19)17-18-28(16-8-14-24)22(30)26-20-11-5-2-6-12-20/h19-20H,1-12,15-18H2,(H,25,29)(H,26,30). The zero-order valence-corrected chi connectivity index (χ0v) is 18.1. The summed E-state index contributed by atoms with van der Waals surface area (Å²) in [6, 6.07) is 4.26. The zero-order valence-electron chi connectivity index (χ0n) is 18.1. The van der Waals surface area contributed by atoms with Gasteiger partial charge in [0.2, 0.25) is 0 Å². The second-order valence-corrected chi connectivity index (χ2v) is 8.36. The van der Waals surface area contributed by atoms with Crippen LogP contribution in [-0.4, -0.2) is 60.1 Å². The van der Waals surface area contributed by atoms with Crippen molar-refractivity contribution in [2.75, 3.05) is 26.2 Å². The highest BCUT2D eigenvalue weighted by molar-refractivity contribution is 5.76. The molecule has 2 N–H and O–H groups in total. The summed E-state index contributed by atoms with van der Waals surface area (Å²) in [6.45, 7) is 1.38. The number of nitrogens with one attached hydrogen (secondary N) is 2. The monoisotopic (exact) mass is 416 g/mol. The highest BCUT2D eigenvalue weighted by Crippen LogP contribution is 2.18. The van der Waals surface area contributed by atoms with Gasteiger partial charge in [-0.1, -0.05) is 38.5 Å². The lowest BCUT2D eigenvalue weighted by Gasteiger charge is -2.31. The smallest absolute Gasteiger partial charge is 0.317 e. The normalized spacial score (nSPS) is 17.4. The molecule has 0 aromatic rings. The van der Waals surface area contributed by atoms with Crippen LogP contribution in [0.25, 0.3) is 0 Å². The van der Waals surface area contributed by atoms with Crippen molar-refractivity contribution in [1.82, 2.24) is 20.4 Å². The first-order chi connectivity index (χ1) is 14.6. The number of hydrogen-bond donors (Lipinski definition) is 2. The van der Waals surface area contributed by atoms with Crippen LogP contribution in [0.3, 0.4) is 0 Å². The van der Waals surface area contributed by atoms with Crippen LogP contribution in [0.1, 0.15) is 77.0 Å². The third kappa shape index (κ3) is 8.49. The fourth-order valence-electron chi connectivity index (χ4n) is 4.27. The Bertz CT molecular complexity index is 560. The van der Waals surface area contributed by atoms with Gasteiger partial charge in [-0.15, -0.1) is 0 Å². The van der Waals surface area contributed by atoms with Crippen molar-refractivity contribution in [1.29, 1.82) is 10.5 Å². The third-order valence-corrected chi connectivity index (χ3v) is 6.07. The molecule has 30 heavy (non-hydrogen) atoms. The number of nitrogens with zero attached hydrogens (tertiary/aromatic N) is 4. The molecule has 0 atom stereocenters. The molecule has 0 heterocycles. The zero-order chi connectivity index (χ0) is 21.6. The Hall–Kier alpha value is -2.48. The van der Waals surface area contributed by atoms with Crippen LogP contribution in [0.2, 0.25) is 0 Å². The fourth-order valence-corrected chi connectivity index (χ4v) is 4.27. The molecule has 0 radical (unpaired) electrons. The van der Waals surface area contributed by atoms with Gasteiger partial charge in [-0.3, -0.25) is 0 Å². The first-order valence-electron chi connectivity index (χ1n) is 11.5. The van der Waals surface area contributed by atoms with Gasteiger partial charge in [0.15, 0.2) is 0 Å². The molecular weight excluding hydrogens is 380 g/mol. The maximum Gasteiger partial charge on any atom is 0.317 e. The van der Waals surface area contributed by atoms with Crippen molar-refractivity contribution in [3.8, 4) is 12.1 Å². The van der Waals surface area contributed by atoms with Crippen LogP contribution < -0.4 is 10.6 Å². The Morgan fingerprint density at radius 3 is 1.37 bits per heavy atom. The molecule has 166 valence electrons. The van der Waals surface area contributed by atoms with E-state index in [1.165, 1.54) is 12.8 Å². The van der Waals surface area contributed by atoms with E-state index in [0.717, 1.165) is 51.4 Å². The Morgan fingerprint density at radius 2 is 1.03 bits per heavy atom. The third-order valence-electron chi connectivity index (χ3n) is 6.07. The predicted octanol–water partition coefficient (Wildman–Crippen LogP) is 3.50. The lowest BCUT2D eigenvalue weighted by atomic mass is 9.96. The summed E-state index contributed by atoms with van der Waals surface area (Å²) in [4.78, 5) is 28.8. The van der Waals surface area contributed by atoms with Crippen molar-refractivity contribution in [3.05, 3.63) is 0 Å². The second-order valence-electron chi connectivity index (χ2n) is 8.36. The van der Waals surface area contributed by atoms with E-state index >= 15 is 0 Å². The van der Waals surface area contributed by atoms with E-state index in [0.29, 0.717) is 26.2 Å². The predicted molar refractivity (Wildman–Crippen MR) is 114 cm³/mol. The van der Waals surface area contributed by atoms with Gasteiger partial charge in [-0.25, -0.2) is 9.59 Å². The average Bonchev–Trinajstić information content (AvgIpc) is 2.77. The van der Waals surface area contributed by atoms with Crippen LogP contribution in [-0.2, 0) is 0 Å². The van der Waals surface area contributed by atoms with Gasteiger partial charge >= 0.3 is 12.1 Å². The van der Waals surface area contributed by atoms with Gasteiger partial charge in [-0.2, -0.15) is 10.5 Å². The highest BCUT2D eigenvalue weighted by Gasteiger charge is 2.23. The van der Waals surface area contributed by atoms with Crippen molar-refractivity contribution in [2.24, 2.45) is 0 Å². The number of nitriles is 2. The average molecular weight is 417 g/mol. The molecule has 0 bridgehead atoms. The lowest BCUT2D eigenvalue weighted by Crippen LogP contribution is -2.51. The van der Waals surface area contributed by atoms with E-state index in [-0.39, 0.29) is 37.0 Å². The fraction of sp³-hybridized carbons (Fsp3) is 0.818. The van der Waals surface area contributed by atoms with E-state index in [9.17, 15) is 9.59 Å². The minimum Gasteiger partial charge on any atom is -0.335 e. The Kier molecular flexibility index (Phi) is 10.9. The maximum absolute atomic E-state index is 12.8. The number of rotatable bonds is 9. The maximum atomic E-state index is 12.8. The SMILES string of the molecule is N#CCCN(CCN(CCC#N)C(=O)NC1CCCCC1)C(=O)NC1CCCCC1. The van der Waals surface area contributed by atoms with Crippen LogP contribution in [0.4, 0.5) is 9.59 Å². The summed E-state index contributed by atoms with van der Waals surface area (Å²) >= 11 is 0. The van der Waals surface area contributed by atoms with Crippen molar-refractivity contribution in [3.63, 3.8) is 0 Å². The summed E-state index contributed by atoms with van der Waals surface area (Å²) in [5.74, 6) is 0. The highest BCUT2D eigenvalue weighted by atomic mass is 16.2. The van der Waals surface area contributed by atoms with Gasteiger partial charge in [0.1, 0.15) is 0 Å². The van der Waals surface area contributed by atoms with Gasteiger partial charge in [0.25, 0.3) is 0 Å². The molecule has 0 aromatic carbocycles. The molecule has 0 unspecified atom stereocenters. The molecule has 8 heteroatoms. The molecule has 0 saturated heterocycles. The Balaban J connectivity index is 1.91. The molecule has 2 aliphatic carbocycles. The minimum atomic E-state index is -0.162. The summed E-state index contributed by atoms with van der Waals surface area (Å²) < 4.78 is 0. The lowest BCUT2D eigenvalue weighted by molar-refractivity contribution is 0.169. The number of hydrogen-bond acceptors (Lipinski definition) is 4. The van der Waals surface area contributed by atoms with Crippen molar-refractivity contribution < 1.29 is 9.59 Å². The number of carbonyl (C=O) groups excluding carboxylic acids is 2. The quantitative estimate of drug-likeness (QED) is 0.599. The number of amides is 4. The number of urea groups is 2. The van der Waals surface area contributed by atoms with Gasteiger partial charge < -0.3 is 20.4 Å². The minimum absolute atomic E-state index is 0.162. The van der Waals surface area contributed by atoms with Crippen molar-refractivity contribution in [2.45, 2.75) is 89.1 Å². The Labute approximate surface area is 180 Å². The first-order valence-corrected chi connectivity index (χ1v) is 11.5. The molecule has 2 saturated carbocycles. The van der Waals surface area contributed by atoms with Gasteiger partial charge in [0, 0.05) is 38.3 Å². The second kappa shape index (κ2) is 13.7. The molecule has 4 amide bonds. The van der Waals surface area contributed by atoms with Gasteiger partial charge in [0.05, 0.1) is 25.0 Å². The summed E-state index contributed by atoms with van der Waals surface area (Å²) in [5.41, 5.74) is 0. The summed E-state index contributed by atoms with van der Waals surface area (Å²) in [5, 5.41) is 24.1. The molecule has 0 spiro atoms. The molecule has 2 aliphatic rings. The van der Waals surface area contributed by atoms with Crippen LogP contribution in [0.15, 0.2) is 0 Å². The van der Waals surface area contributed by atoms with Crippen LogP contribution in [0.5, 0.6) is 0 Å². The molecule has 2 rings (SSSR count). The number of carbonyl (C=O) groups is 2. The van der Waals surface area contributed by atoms with Gasteiger partial charge in [-0.05, 0) is 25.7 Å². The van der Waals surface area contributed by atoms with E-state index in [4.69, 9.17) is 10.5 Å². The molecule has 0 aromatic heterocycles.